The van der Waals surface area contributed by atoms with E-state index in [1.165, 1.54) is 18.2 Å². The van der Waals surface area contributed by atoms with Gasteiger partial charge in [0.05, 0.1) is 16.8 Å². The first kappa shape index (κ1) is 18.1. The first-order valence-electron chi connectivity index (χ1n) is 9.05. The number of nitrogens with zero attached hydrogens (tertiary/aromatic N) is 2. The second kappa shape index (κ2) is 8.12. The summed E-state index contributed by atoms with van der Waals surface area (Å²) in [4.78, 5) is 37.9. The smallest absolute Gasteiger partial charge is 0.271 e. The van der Waals surface area contributed by atoms with Crippen molar-refractivity contribution >= 4 is 23.2 Å². The zero-order chi connectivity index (χ0) is 18.5. The number of carbonyl (C=O) groups is 2. The quantitative estimate of drug-likeness (QED) is 0.509. The molecule has 2 aliphatic rings. The number of carbonyl (C=O) groups excluding carboxylic acids is 2. The molecule has 26 heavy (non-hydrogen) atoms. The lowest BCUT2D eigenvalue weighted by molar-refractivity contribution is -0.384. The van der Waals surface area contributed by atoms with Crippen molar-refractivity contribution in [3.8, 4) is 0 Å². The summed E-state index contributed by atoms with van der Waals surface area (Å²) in [6.45, 7) is 1.52. The third kappa shape index (κ3) is 4.09. The fourth-order valence-electron chi connectivity index (χ4n) is 3.66. The van der Waals surface area contributed by atoms with Crippen molar-refractivity contribution in [2.75, 3.05) is 18.4 Å². The molecule has 0 saturated carbocycles. The van der Waals surface area contributed by atoms with Crippen molar-refractivity contribution < 1.29 is 14.5 Å². The summed E-state index contributed by atoms with van der Waals surface area (Å²) in [5, 5.41) is 13.6. The Kier molecular flexibility index (Phi) is 5.65. The van der Waals surface area contributed by atoms with Gasteiger partial charge < -0.3 is 10.2 Å². The molecule has 0 aromatic heterocycles. The van der Waals surface area contributed by atoms with E-state index in [9.17, 15) is 19.7 Å². The Morgan fingerprint density at radius 1 is 1.08 bits per heavy atom. The van der Waals surface area contributed by atoms with E-state index in [0.717, 1.165) is 32.4 Å². The summed E-state index contributed by atoms with van der Waals surface area (Å²) in [5.41, 5.74) is 0.301. The highest BCUT2D eigenvalue weighted by Gasteiger charge is 2.36. The van der Waals surface area contributed by atoms with Crippen molar-refractivity contribution in [3.05, 3.63) is 46.5 Å². The van der Waals surface area contributed by atoms with E-state index in [2.05, 4.69) is 5.32 Å². The minimum atomic E-state index is -0.498. The summed E-state index contributed by atoms with van der Waals surface area (Å²) in [5.74, 6) is -1.02. The van der Waals surface area contributed by atoms with Crippen LogP contribution in [0.4, 0.5) is 11.4 Å². The Morgan fingerprint density at radius 2 is 1.77 bits per heavy atom. The minimum absolute atomic E-state index is 0.0493. The molecule has 0 spiro atoms. The van der Waals surface area contributed by atoms with Gasteiger partial charge in [-0.2, -0.15) is 0 Å². The van der Waals surface area contributed by atoms with Crippen molar-refractivity contribution in [1.82, 2.24) is 4.90 Å². The topological polar surface area (TPSA) is 92.5 Å². The van der Waals surface area contributed by atoms with Gasteiger partial charge in [-0.1, -0.05) is 18.2 Å². The van der Waals surface area contributed by atoms with Crippen LogP contribution in [0.25, 0.3) is 0 Å². The normalized spacial score (nSPS) is 22.7. The number of hydrogen-bond donors (Lipinski definition) is 1. The highest BCUT2D eigenvalue weighted by Crippen LogP contribution is 2.30. The van der Waals surface area contributed by atoms with Gasteiger partial charge in [0.1, 0.15) is 0 Å². The summed E-state index contributed by atoms with van der Waals surface area (Å²) >= 11 is 0. The molecule has 1 aromatic carbocycles. The predicted octanol–water partition coefficient (Wildman–Crippen LogP) is 3.13. The molecular weight excluding hydrogens is 334 g/mol. The van der Waals surface area contributed by atoms with E-state index in [-0.39, 0.29) is 23.4 Å². The van der Waals surface area contributed by atoms with Gasteiger partial charge in [0.2, 0.25) is 11.8 Å². The van der Waals surface area contributed by atoms with Gasteiger partial charge in [0.15, 0.2) is 0 Å². The maximum absolute atomic E-state index is 12.9. The largest absolute Gasteiger partial charge is 0.342 e. The van der Waals surface area contributed by atoms with Gasteiger partial charge in [-0.05, 0) is 38.2 Å². The average molecular weight is 357 g/mol. The molecule has 1 aromatic rings. The highest BCUT2D eigenvalue weighted by molar-refractivity contribution is 5.96. The Labute approximate surface area is 152 Å². The van der Waals surface area contributed by atoms with Crippen LogP contribution in [0.5, 0.6) is 0 Å². The zero-order valence-corrected chi connectivity index (χ0v) is 14.6. The van der Waals surface area contributed by atoms with Gasteiger partial charge in [-0.3, -0.25) is 19.7 Å². The number of nitrogens with one attached hydrogen (secondary N) is 1. The summed E-state index contributed by atoms with van der Waals surface area (Å²) < 4.78 is 0. The third-order valence-corrected chi connectivity index (χ3v) is 5.08. The predicted molar refractivity (Wildman–Crippen MR) is 97.5 cm³/mol. The molecule has 2 amide bonds. The molecule has 1 N–H and O–H groups in total. The van der Waals surface area contributed by atoms with Crippen LogP contribution >= 0.6 is 0 Å². The maximum atomic E-state index is 12.9. The van der Waals surface area contributed by atoms with E-state index >= 15 is 0 Å². The molecule has 0 unspecified atom stereocenters. The highest BCUT2D eigenvalue weighted by atomic mass is 16.6. The number of likely N-dealkylation sites (tertiary alicyclic amines) is 1. The number of amides is 2. The number of hydrogen-bond acceptors (Lipinski definition) is 4. The molecular formula is C19H23N3O4. The van der Waals surface area contributed by atoms with Gasteiger partial charge in [0.25, 0.3) is 5.69 Å². The van der Waals surface area contributed by atoms with Crippen LogP contribution in [-0.4, -0.2) is 34.7 Å². The fourth-order valence-corrected chi connectivity index (χ4v) is 3.66. The average Bonchev–Trinajstić information content (AvgIpc) is 2.68. The fraction of sp³-hybridized carbons (Fsp3) is 0.474. The van der Waals surface area contributed by atoms with E-state index in [0.29, 0.717) is 18.5 Å². The molecule has 0 bridgehead atoms. The lowest BCUT2D eigenvalue weighted by Gasteiger charge is -2.34. The van der Waals surface area contributed by atoms with E-state index in [4.69, 9.17) is 0 Å². The Hall–Kier alpha value is -2.70. The second-order valence-corrected chi connectivity index (χ2v) is 6.84. The molecule has 2 atom stereocenters. The molecule has 1 heterocycles. The molecule has 1 saturated heterocycles. The number of nitro benzene ring substituents is 1. The first-order chi connectivity index (χ1) is 12.6. The molecule has 138 valence electrons. The van der Waals surface area contributed by atoms with Crippen LogP contribution in [0.3, 0.4) is 0 Å². The molecule has 1 aliphatic carbocycles. The maximum Gasteiger partial charge on any atom is 0.271 e. The zero-order valence-electron chi connectivity index (χ0n) is 14.6. The van der Waals surface area contributed by atoms with E-state index < -0.39 is 10.8 Å². The van der Waals surface area contributed by atoms with Crippen molar-refractivity contribution in [1.29, 1.82) is 0 Å². The standard InChI is InChI=1S/C19H23N3O4/c23-18(20-14-7-6-8-15(13-14)22(25)26)16-9-2-3-10-17(16)19(24)21-11-4-1-5-12-21/h2-3,6-8,13,16-17H,1,4-5,9-12H2,(H,20,23)/t16-,17-/m0/s1. The molecule has 3 rings (SSSR count). The third-order valence-electron chi connectivity index (χ3n) is 5.08. The van der Waals surface area contributed by atoms with Crippen LogP contribution < -0.4 is 5.32 Å². The molecule has 0 radical (unpaired) electrons. The number of piperidine rings is 1. The number of non-ortho nitro benzene ring substituents is 1. The lowest BCUT2D eigenvalue weighted by atomic mass is 9.81. The Morgan fingerprint density at radius 3 is 2.46 bits per heavy atom. The van der Waals surface area contributed by atoms with E-state index in [1.54, 1.807) is 6.07 Å². The van der Waals surface area contributed by atoms with Gasteiger partial charge in [-0.25, -0.2) is 0 Å². The van der Waals surface area contributed by atoms with Crippen molar-refractivity contribution in [2.24, 2.45) is 11.8 Å². The van der Waals surface area contributed by atoms with Gasteiger partial charge in [0, 0.05) is 30.9 Å². The monoisotopic (exact) mass is 357 g/mol. The van der Waals surface area contributed by atoms with Crippen LogP contribution in [0, 0.1) is 22.0 Å². The molecule has 7 heteroatoms. The first-order valence-corrected chi connectivity index (χ1v) is 9.05. The van der Waals surface area contributed by atoms with Crippen LogP contribution in [0.15, 0.2) is 36.4 Å². The van der Waals surface area contributed by atoms with Crippen molar-refractivity contribution in [2.45, 2.75) is 32.1 Å². The molecule has 7 nitrogen and oxygen atoms in total. The summed E-state index contributed by atoms with van der Waals surface area (Å²) in [7, 11) is 0. The van der Waals surface area contributed by atoms with E-state index in [1.807, 2.05) is 17.1 Å². The number of nitro groups is 1. The van der Waals surface area contributed by atoms with Crippen LogP contribution in [-0.2, 0) is 9.59 Å². The Bertz CT molecular complexity index is 725. The summed E-state index contributed by atoms with van der Waals surface area (Å²) in [6.07, 6.45) is 8.12. The summed E-state index contributed by atoms with van der Waals surface area (Å²) in [6, 6.07) is 5.86. The number of anilines is 1. The minimum Gasteiger partial charge on any atom is -0.342 e. The SMILES string of the molecule is O=C(Nc1cccc([N+](=O)[O-])c1)[C@H]1CC=CC[C@@H]1C(=O)N1CCCCC1. The lowest BCUT2D eigenvalue weighted by Crippen LogP contribution is -2.45. The Balaban J connectivity index is 1.71. The van der Waals surface area contributed by atoms with Gasteiger partial charge in [-0.15, -0.1) is 0 Å². The number of allylic oxidation sites excluding steroid dienone is 2. The van der Waals surface area contributed by atoms with Gasteiger partial charge >= 0.3 is 0 Å². The van der Waals surface area contributed by atoms with Crippen LogP contribution in [0.1, 0.15) is 32.1 Å². The van der Waals surface area contributed by atoms with Crippen molar-refractivity contribution in [3.63, 3.8) is 0 Å². The second-order valence-electron chi connectivity index (χ2n) is 6.84. The van der Waals surface area contributed by atoms with Crippen LogP contribution in [0.2, 0.25) is 0 Å². The molecule has 1 aliphatic heterocycles. The number of benzene rings is 1. The number of rotatable bonds is 4. The molecule has 1 fully saturated rings.